The zero-order chi connectivity index (χ0) is 22.8. The minimum atomic E-state index is -0.343. The van der Waals surface area contributed by atoms with Gasteiger partial charge in [0.05, 0.1) is 13.5 Å². The molecule has 6 heteroatoms. The van der Waals surface area contributed by atoms with E-state index in [0.717, 1.165) is 17.5 Å². The van der Waals surface area contributed by atoms with E-state index in [1.54, 1.807) is 0 Å². The number of aryl methyl sites for hydroxylation is 1. The molecular formula is C26H32N2O4. The Morgan fingerprint density at radius 2 is 1.56 bits per heavy atom. The molecule has 1 fully saturated rings. The highest BCUT2D eigenvalue weighted by Gasteiger charge is 2.29. The summed E-state index contributed by atoms with van der Waals surface area (Å²) < 4.78 is 4.81. The van der Waals surface area contributed by atoms with Gasteiger partial charge in [-0.3, -0.25) is 14.4 Å². The van der Waals surface area contributed by atoms with E-state index < -0.39 is 0 Å². The average Bonchev–Trinajstić information content (AvgIpc) is 2.83. The lowest BCUT2D eigenvalue weighted by Crippen LogP contribution is -2.46. The van der Waals surface area contributed by atoms with Crippen LogP contribution in [0.4, 0.5) is 0 Å². The average molecular weight is 437 g/mol. The van der Waals surface area contributed by atoms with Crippen molar-refractivity contribution in [2.75, 3.05) is 20.2 Å². The van der Waals surface area contributed by atoms with Crippen LogP contribution in [0.15, 0.2) is 60.7 Å². The molecule has 1 aliphatic heterocycles. The Labute approximate surface area is 189 Å². The number of likely N-dealkylation sites (tertiary alicyclic amines) is 1. The van der Waals surface area contributed by atoms with Gasteiger partial charge < -0.3 is 15.0 Å². The first-order valence-electron chi connectivity index (χ1n) is 11.3. The van der Waals surface area contributed by atoms with E-state index in [1.807, 2.05) is 65.6 Å². The van der Waals surface area contributed by atoms with Gasteiger partial charge in [-0.15, -0.1) is 0 Å². The standard InChI is InChI=1S/C26H32N2O4/c1-32-25(30)19-23(18-21-10-6-3-7-11-21)27-26(31)22-14-16-28(17-15-22)24(29)13-12-20-8-4-2-5-9-20/h2-11,22-23H,12-19H2,1H3,(H,27,31)/t23-/m1/s1. The van der Waals surface area contributed by atoms with Gasteiger partial charge in [-0.25, -0.2) is 0 Å². The Bertz CT molecular complexity index is 877. The van der Waals surface area contributed by atoms with Crippen molar-refractivity contribution >= 4 is 17.8 Å². The van der Waals surface area contributed by atoms with Gasteiger partial charge in [0, 0.05) is 31.5 Å². The molecule has 2 amide bonds. The third kappa shape index (κ3) is 7.22. The first-order valence-corrected chi connectivity index (χ1v) is 11.3. The second kappa shape index (κ2) is 12.0. The van der Waals surface area contributed by atoms with Crippen molar-refractivity contribution in [1.82, 2.24) is 10.2 Å². The Morgan fingerprint density at radius 1 is 0.969 bits per heavy atom. The fourth-order valence-corrected chi connectivity index (χ4v) is 4.12. The van der Waals surface area contributed by atoms with Crippen LogP contribution >= 0.6 is 0 Å². The van der Waals surface area contributed by atoms with Gasteiger partial charge >= 0.3 is 5.97 Å². The third-order valence-electron chi connectivity index (χ3n) is 6.00. The van der Waals surface area contributed by atoms with E-state index in [0.29, 0.717) is 38.8 Å². The van der Waals surface area contributed by atoms with Crippen LogP contribution in [0, 0.1) is 5.92 Å². The zero-order valence-electron chi connectivity index (χ0n) is 18.7. The number of nitrogens with one attached hydrogen (secondary N) is 1. The quantitative estimate of drug-likeness (QED) is 0.613. The van der Waals surface area contributed by atoms with Crippen LogP contribution in [0.1, 0.15) is 36.8 Å². The molecule has 0 spiro atoms. The van der Waals surface area contributed by atoms with Gasteiger partial charge in [0.25, 0.3) is 0 Å². The third-order valence-corrected chi connectivity index (χ3v) is 6.00. The van der Waals surface area contributed by atoms with Crippen LogP contribution in [0.5, 0.6) is 0 Å². The summed E-state index contributed by atoms with van der Waals surface area (Å²) in [6.07, 6.45) is 3.19. The largest absolute Gasteiger partial charge is 0.469 e. The first kappa shape index (κ1) is 23.5. The summed E-state index contributed by atoms with van der Waals surface area (Å²) in [6.45, 7) is 1.18. The predicted molar refractivity (Wildman–Crippen MR) is 123 cm³/mol. The topological polar surface area (TPSA) is 75.7 Å². The summed E-state index contributed by atoms with van der Waals surface area (Å²) in [5.41, 5.74) is 2.21. The Balaban J connectivity index is 1.48. The number of hydrogen-bond donors (Lipinski definition) is 1. The Kier molecular flexibility index (Phi) is 8.84. The maximum atomic E-state index is 12.9. The highest BCUT2D eigenvalue weighted by molar-refractivity contribution is 5.81. The van der Waals surface area contributed by atoms with Crippen molar-refractivity contribution in [3.05, 3.63) is 71.8 Å². The lowest BCUT2D eigenvalue weighted by Gasteiger charge is -2.32. The molecule has 2 aromatic rings. The number of carbonyl (C=O) groups excluding carboxylic acids is 3. The number of benzene rings is 2. The molecule has 0 bridgehead atoms. The molecule has 0 saturated carbocycles. The molecule has 2 aromatic carbocycles. The van der Waals surface area contributed by atoms with Gasteiger partial charge in [0.2, 0.25) is 11.8 Å². The van der Waals surface area contributed by atoms with E-state index >= 15 is 0 Å². The number of carbonyl (C=O) groups is 3. The molecule has 0 unspecified atom stereocenters. The molecular weight excluding hydrogens is 404 g/mol. The molecule has 6 nitrogen and oxygen atoms in total. The Morgan fingerprint density at radius 3 is 2.16 bits per heavy atom. The van der Waals surface area contributed by atoms with Crippen molar-refractivity contribution in [2.45, 2.75) is 44.6 Å². The molecule has 170 valence electrons. The fourth-order valence-electron chi connectivity index (χ4n) is 4.12. The summed E-state index contributed by atoms with van der Waals surface area (Å²) in [5, 5.41) is 3.05. The first-order chi connectivity index (χ1) is 15.5. The van der Waals surface area contributed by atoms with Gasteiger partial charge in [-0.05, 0) is 36.8 Å². The molecule has 1 atom stereocenters. The fraction of sp³-hybridized carbons (Fsp3) is 0.423. The SMILES string of the molecule is COC(=O)C[C@@H](Cc1ccccc1)NC(=O)C1CCN(C(=O)CCc2ccccc2)CC1. The maximum Gasteiger partial charge on any atom is 0.307 e. The number of methoxy groups -OCH3 is 1. The Hall–Kier alpha value is -3.15. The molecule has 1 N–H and O–H groups in total. The predicted octanol–water partition coefficient (Wildman–Crippen LogP) is 3.15. The zero-order valence-corrected chi connectivity index (χ0v) is 18.7. The van der Waals surface area contributed by atoms with Crippen LogP contribution in [0.25, 0.3) is 0 Å². The highest BCUT2D eigenvalue weighted by Crippen LogP contribution is 2.19. The van der Waals surface area contributed by atoms with Gasteiger partial charge in [-0.2, -0.15) is 0 Å². The molecule has 32 heavy (non-hydrogen) atoms. The minimum absolute atomic E-state index is 0.0498. The van der Waals surface area contributed by atoms with Gasteiger partial charge in [0.1, 0.15) is 0 Å². The van der Waals surface area contributed by atoms with E-state index in [4.69, 9.17) is 4.74 Å². The van der Waals surface area contributed by atoms with Gasteiger partial charge in [-0.1, -0.05) is 60.7 Å². The van der Waals surface area contributed by atoms with Crippen molar-refractivity contribution in [2.24, 2.45) is 5.92 Å². The van der Waals surface area contributed by atoms with Crippen LogP contribution in [-0.4, -0.2) is 48.9 Å². The van der Waals surface area contributed by atoms with E-state index in [-0.39, 0.29) is 36.2 Å². The number of esters is 1. The maximum absolute atomic E-state index is 12.9. The highest BCUT2D eigenvalue weighted by atomic mass is 16.5. The van der Waals surface area contributed by atoms with Crippen LogP contribution in [-0.2, 0) is 32.0 Å². The smallest absolute Gasteiger partial charge is 0.307 e. The van der Waals surface area contributed by atoms with E-state index in [2.05, 4.69) is 5.32 Å². The lowest BCUT2D eigenvalue weighted by atomic mass is 9.94. The van der Waals surface area contributed by atoms with Crippen LogP contribution in [0.3, 0.4) is 0 Å². The molecule has 1 saturated heterocycles. The number of rotatable bonds is 9. The van der Waals surface area contributed by atoms with Crippen LogP contribution < -0.4 is 5.32 Å². The number of nitrogens with zero attached hydrogens (tertiary/aromatic N) is 1. The number of amides is 2. The van der Waals surface area contributed by atoms with E-state index in [1.165, 1.54) is 7.11 Å². The van der Waals surface area contributed by atoms with Crippen molar-refractivity contribution in [3.8, 4) is 0 Å². The summed E-state index contributed by atoms with van der Waals surface area (Å²) in [7, 11) is 1.36. The van der Waals surface area contributed by atoms with Crippen molar-refractivity contribution < 1.29 is 19.1 Å². The molecule has 0 aromatic heterocycles. The molecule has 0 aliphatic carbocycles. The second-order valence-electron chi connectivity index (χ2n) is 8.32. The van der Waals surface area contributed by atoms with Crippen LogP contribution in [0.2, 0.25) is 0 Å². The van der Waals surface area contributed by atoms with Crippen molar-refractivity contribution in [3.63, 3.8) is 0 Å². The lowest BCUT2D eigenvalue weighted by molar-refractivity contribution is -0.141. The minimum Gasteiger partial charge on any atom is -0.469 e. The molecule has 1 heterocycles. The molecule has 1 aliphatic rings. The second-order valence-corrected chi connectivity index (χ2v) is 8.32. The number of hydrogen-bond acceptors (Lipinski definition) is 4. The monoisotopic (exact) mass is 436 g/mol. The van der Waals surface area contributed by atoms with Gasteiger partial charge in [0.15, 0.2) is 0 Å². The number of piperidine rings is 1. The van der Waals surface area contributed by atoms with Crippen molar-refractivity contribution in [1.29, 1.82) is 0 Å². The molecule has 0 radical (unpaired) electrons. The number of ether oxygens (including phenoxy) is 1. The summed E-state index contributed by atoms with van der Waals surface area (Å²) in [5.74, 6) is -0.402. The summed E-state index contributed by atoms with van der Waals surface area (Å²) >= 11 is 0. The molecule has 3 rings (SSSR count). The summed E-state index contributed by atoms with van der Waals surface area (Å²) in [4.78, 5) is 39.1. The van der Waals surface area contributed by atoms with E-state index in [9.17, 15) is 14.4 Å². The summed E-state index contributed by atoms with van der Waals surface area (Å²) in [6, 6.07) is 19.5. The normalized spacial score (nSPS) is 15.1.